The van der Waals surface area contributed by atoms with E-state index >= 15 is 0 Å². The summed E-state index contributed by atoms with van der Waals surface area (Å²) in [6, 6.07) is 13.4. The van der Waals surface area contributed by atoms with Crippen LogP contribution < -0.4 is 10.1 Å². The van der Waals surface area contributed by atoms with Crippen LogP contribution in [0.4, 0.5) is 0 Å². The Morgan fingerprint density at radius 3 is 2.11 bits per heavy atom. The van der Waals surface area contributed by atoms with Crippen molar-refractivity contribution in [3.8, 4) is 5.75 Å². The van der Waals surface area contributed by atoms with Crippen LogP contribution >= 0.6 is 23.2 Å². The average Bonchev–Trinajstić information content (AvgIpc) is 2.69. The maximum atomic E-state index is 12.9. The van der Waals surface area contributed by atoms with E-state index in [9.17, 15) is 9.59 Å². The van der Waals surface area contributed by atoms with E-state index in [2.05, 4.69) is 5.32 Å². The zero-order valence-corrected chi connectivity index (χ0v) is 17.5. The molecule has 2 amide bonds. The first kappa shape index (κ1) is 22.1. The predicted octanol–water partition coefficient (Wildman–Crippen LogP) is 4.32. The van der Waals surface area contributed by atoms with Gasteiger partial charge in [0.15, 0.2) is 6.61 Å². The van der Waals surface area contributed by atoms with Crippen molar-refractivity contribution in [2.24, 2.45) is 0 Å². The van der Waals surface area contributed by atoms with Crippen LogP contribution in [0.25, 0.3) is 0 Å². The molecule has 0 bridgehead atoms. The third-order valence-corrected chi connectivity index (χ3v) is 4.68. The zero-order valence-electron chi connectivity index (χ0n) is 16.0. The lowest BCUT2D eigenvalue weighted by Gasteiger charge is -2.30. The first-order chi connectivity index (χ1) is 13.4. The van der Waals surface area contributed by atoms with E-state index < -0.39 is 6.04 Å². The van der Waals surface area contributed by atoms with Gasteiger partial charge in [0.25, 0.3) is 5.91 Å². The summed E-state index contributed by atoms with van der Waals surface area (Å²) >= 11 is 11.8. The molecule has 0 heterocycles. The molecule has 0 unspecified atom stereocenters. The Balaban J connectivity index is 2.16. The quantitative estimate of drug-likeness (QED) is 0.654. The molecule has 1 N–H and O–H groups in total. The topological polar surface area (TPSA) is 58.6 Å². The van der Waals surface area contributed by atoms with Gasteiger partial charge < -0.3 is 15.0 Å². The maximum Gasteiger partial charge on any atom is 0.261 e. The number of rotatable bonds is 9. The normalized spacial score (nSPS) is 11.6. The number of carbonyl (C=O) groups excluding carboxylic acids is 2. The van der Waals surface area contributed by atoms with Crippen LogP contribution in [0.15, 0.2) is 48.5 Å². The van der Waals surface area contributed by atoms with E-state index in [0.717, 1.165) is 5.56 Å². The summed E-state index contributed by atoms with van der Waals surface area (Å²) < 4.78 is 5.59. The Bertz CT molecular complexity index is 779. The summed E-state index contributed by atoms with van der Waals surface area (Å²) in [6.45, 7) is 4.34. The molecule has 150 valence electrons. The van der Waals surface area contributed by atoms with Crippen LogP contribution in [0.5, 0.6) is 5.75 Å². The molecule has 0 aromatic heterocycles. The highest BCUT2D eigenvalue weighted by molar-refractivity contribution is 6.30. The Morgan fingerprint density at radius 2 is 1.57 bits per heavy atom. The molecule has 0 saturated carbocycles. The Labute approximate surface area is 175 Å². The highest BCUT2D eigenvalue weighted by atomic mass is 35.5. The number of nitrogens with one attached hydrogen (secondary N) is 1. The molecular formula is C21H24Cl2N2O3. The largest absolute Gasteiger partial charge is 0.484 e. The smallest absolute Gasteiger partial charge is 0.261 e. The number of hydrogen-bond acceptors (Lipinski definition) is 3. The van der Waals surface area contributed by atoms with Gasteiger partial charge in [-0.1, -0.05) is 42.3 Å². The molecule has 1 atom stereocenters. The number of halogens is 2. The van der Waals surface area contributed by atoms with Crippen molar-refractivity contribution in [3.63, 3.8) is 0 Å². The number of benzene rings is 2. The van der Waals surface area contributed by atoms with Gasteiger partial charge in [0.1, 0.15) is 11.8 Å². The van der Waals surface area contributed by atoms with Crippen molar-refractivity contribution >= 4 is 35.0 Å². The summed E-state index contributed by atoms with van der Waals surface area (Å²) in [6.07, 6.45) is 0.492. The number of likely N-dealkylation sites (N-methyl/N-ethyl adjacent to an activating group) is 1. The molecule has 2 rings (SSSR count). The van der Waals surface area contributed by atoms with E-state index in [1.807, 2.05) is 26.0 Å². The van der Waals surface area contributed by atoms with E-state index in [-0.39, 0.29) is 25.0 Å². The van der Waals surface area contributed by atoms with Crippen LogP contribution in [-0.4, -0.2) is 35.9 Å². The fourth-order valence-corrected chi connectivity index (χ4v) is 3.01. The third-order valence-electron chi connectivity index (χ3n) is 4.18. The zero-order chi connectivity index (χ0) is 20.5. The SMILES string of the molecule is CCNC(=O)[C@H](CC)N(Cc1ccc(Cl)cc1)C(=O)COc1ccc(Cl)cc1. The molecule has 0 aliphatic heterocycles. The standard InChI is InChI=1S/C21H24Cl2N2O3/c1-3-19(21(27)24-4-2)25(13-15-5-7-16(22)8-6-15)20(26)14-28-18-11-9-17(23)10-12-18/h5-12,19H,3-4,13-14H2,1-2H3,(H,24,27)/t19-/m0/s1. The van der Waals surface area contributed by atoms with E-state index in [0.29, 0.717) is 28.8 Å². The highest BCUT2D eigenvalue weighted by Crippen LogP contribution is 2.18. The Morgan fingerprint density at radius 1 is 1.00 bits per heavy atom. The minimum Gasteiger partial charge on any atom is -0.484 e. The van der Waals surface area contributed by atoms with Crippen LogP contribution in [0.1, 0.15) is 25.8 Å². The molecule has 0 saturated heterocycles. The fourth-order valence-electron chi connectivity index (χ4n) is 2.76. The van der Waals surface area contributed by atoms with Crippen molar-refractivity contribution < 1.29 is 14.3 Å². The van der Waals surface area contributed by atoms with Crippen LogP contribution in [-0.2, 0) is 16.1 Å². The average molecular weight is 423 g/mol. The maximum absolute atomic E-state index is 12.9. The molecule has 2 aromatic carbocycles. The molecule has 0 aliphatic carbocycles. The molecule has 0 aliphatic rings. The minimum absolute atomic E-state index is 0.175. The highest BCUT2D eigenvalue weighted by Gasteiger charge is 2.28. The van der Waals surface area contributed by atoms with Crippen LogP contribution in [0.3, 0.4) is 0 Å². The predicted molar refractivity (Wildman–Crippen MR) is 112 cm³/mol. The summed E-state index contributed by atoms with van der Waals surface area (Å²) in [5.74, 6) is 0.0806. The van der Waals surface area contributed by atoms with Gasteiger partial charge in [0, 0.05) is 23.1 Å². The number of ether oxygens (including phenoxy) is 1. The van der Waals surface area contributed by atoms with Crippen molar-refractivity contribution in [1.82, 2.24) is 10.2 Å². The molecule has 28 heavy (non-hydrogen) atoms. The lowest BCUT2D eigenvalue weighted by Crippen LogP contribution is -2.50. The summed E-state index contributed by atoms with van der Waals surface area (Å²) in [7, 11) is 0. The van der Waals surface area contributed by atoms with Gasteiger partial charge >= 0.3 is 0 Å². The lowest BCUT2D eigenvalue weighted by molar-refractivity contribution is -0.142. The second kappa shape index (κ2) is 10.9. The van der Waals surface area contributed by atoms with E-state index in [4.69, 9.17) is 27.9 Å². The molecule has 0 fully saturated rings. The molecule has 0 radical (unpaired) electrons. The van der Waals surface area contributed by atoms with Gasteiger partial charge in [0.05, 0.1) is 0 Å². The van der Waals surface area contributed by atoms with Crippen molar-refractivity contribution in [2.45, 2.75) is 32.9 Å². The molecule has 7 heteroatoms. The number of carbonyl (C=O) groups is 2. The Hall–Kier alpha value is -2.24. The monoisotopic (exact) mass is 422 g/mol. The summed E-state index contributed by atoms with van der Waals surface area (Å²) in [5.41, 5.74) is 0.881. The summed E-state index contributed by atoms with van der Waals surface area (Å²) in [5, 5.41) is 4.00. The van der Waals surface area contributed by atoms with Gasteiger partial charge in [-0.05, 0) is 55.3 Å². The fraction of sp³-hybridized carbons (Fsp3) is 0.333. The van der Waals surface area contributed by atoms with E-state index in [1.165, 1.54) is 0 Å². The van der Waals surface area contributed by atoms with Crippen molar-refractivity contribution in [3.05, 3.63) is 64.1 Å². The molecule has 2 aromatic rings. The number of hydrogen-bond donors (Lipinski definition) is 1. The third kappa shape index (κ3) is 6.43. The lowest BCUT2D eigenvalue weighted by atomic mass is 10.1. The van der Waals surface area contributed by atoms with Crippen molar-refractivity contribution in [1.29, 1.82) is 0 Å². The number of nitrogens with zero attached hydrogens (tertiary/aromatic N) is 1. The van der Waals surface area contributed by atoms with Gasteiger partial charge in [-0.3, -0.25) is 9.59 Å². The molecular weight excluding hydrogens is 399 g/mol. The number of amides is 2. The van der Waals surface area contributed by atoms with Crippen LogP contribution in [0.2, 0.25) is 10.0 Å². The van der Waals surface area contributed by atoms with Gasteiger partial charge in [-0.2, -0.15) is 0 Å². The molecule has 0 spiro atoms. The second-order valence-corrected chi connectivity index (χ2v) is 7.08. The summed E-state index contributed by atoms with van der Waals surface area (Å²) in [4.78, 5) is 27.0. The minimum atomic E-state index is -0.586. The second-order valence-electron chi connectivity index (χ2n) is 6.21. The first-order valence-corrected chi connectivity index (χ1v) is 9.90. The van der Waals surface area contributed by atoms with Gasteiger partial charge in [0.2, 0.25) is 5.91 Å². The van der Waals surface area contributed by atoms with Crippen molar-refractivity contribution in [2.75, 3.05) is 13.2 Å². The first-order valence-electron chi connectivity index (χ1n) is 9.14. The van der Waals surface area contributed by atoms with Gasteiger partial charge in [-0.15, -0.1) is 0 Å². The van der Waals surface area contributed by atoms with Crippen LogP contribution in [0, 0.1) is 0 Å². The molecule has 5 nitrogen and oxygen atoms in total. The van der Waals surface area contributed by atoms with E-state index in [1.54, 1.807) is 41.3 Å². The van der Waals surface area contributed by atoms with Gasteiger partial charge in [-0.25, -0.2) is 0 Å². The Kier molecular flexibility index (Phi) is 8.61.